The van der Waals surface area contributed by atoms with Crippen LogP contribution in [0.3, 0.4) is 0 Å². The second-order valence-electron chi connectivity index (χ2n) is 9.56. The molecule has 1 saturated carbocycles. The molecule has 0 unspecified atom stereocenters. The Morgan fingerprint density at radius 1 is 0.943 bits per heavy atom. The lowest BCUT2D eigenvalue weighted by Crippen LogP contribution is -2.61. The number of nitrogens with zero attached hydrogens (tertiary/aromatic N) is 2. The van der Waals surface area contributed by atoms with Crippen molar-refractivity contribution in [2.75, 3.05) is 31.7 Å². The Bertz CT molecular complexity index is 1190. The zero-order chi connectivity index (χ0) is 23.9. The SMILES string of the molecule is O=C1Nc2ccc(-c3ccc4c(c3)OCO4)cc2C(=O)N2CCN(C(=O)NC3CCCCC3)C[C@H]12. The second kappa shape index (κ2) is 8.79. The van der Waals surface area contributed by atoms with E-state index in [9.17, 15) is 14.4 Å². The predicted octanol–water partition coefficient (Wildman–Crippen LogP) is 3.20. The van der Waals surface area contributed by atoms with E-state index < -0.39 is 6.04 Å². The maximum absolute atomic E-state index is 13.6. The van der Waals surface area contributed by atoms with Crippen LogP contribution >= 0.6 is 0 Å². The number of benzene rings is 2. The lowest BCUT2D eigenvalue weighted by atomic mass is 9.96. The Hall–Kier alpha value is -3.75. The molecule has 2 N–H and O–H groups in total. The van der Waals surface area contributed by atoms with Crippen LogP contribution in [0.15, 0.2) is 36.4 Å². The summed E-state index contributed by atoms with van der Waals surface area (Å²) < 4.78 is 10.9. The molecule has 3 heterocycles. The number of carbonyl (C=O) groups excluding carboxylic acids is 3. The summed E-state index contributed by atoms with van der Waals surface area (Å²) >= 11 is 0. The van der Waals surface area contributed by atoms with Gasteiger partial charge in [-0.1, -0.05) is 31.4 Å². The number of fused-ring (bicyclic) bond motifs is 3. The maximum Gasteiger partial charge on any atom is 0.317 e. The quantitative estimate of drug-likeness (QED) is 0.694. The summed E-state index contributed by atoms with van der Waals surface area (Å²) in [4.78, 5) is 42.8. The van der Waals surface area contributed by atoms with Crippen molar-refractivity contribution in [3.05, 3.63) is 42.0 Å². The summed E-state index contributed by atoms with van der Waals surface area (Å²) in [5.41, 5.74) is 2.66. The first kappa shape index (κ1) is 21.8. The van der Waals surface area contributed by atoms with Gasteiger partial charge in [-0.3, -0.25) is 9.59 Å². The largest absolute Gasteiger partial charge is 0.454 e. The number of rotatable bonds is 2. The van der Waals surface area contributed by atoms with Crippen LogP contribution < -0.4 is 20.1 Å². The smallest absolute Gasteiger partial charge is 0.317 e. The second-order valence-corrected chi connectivity index (χ2v) is 9.56. The van der Waals surface area contributed by atoms with Crippen molar-refractivity contribution in [2.24, 2.45) is 0 Å². The van der Waals surface area contributed by atoms with Crippen LogP contribution in [0.1, 0.15) is 42.5 Å². The number of nitrogens with one attached hydrogen (secondary N) is 2. The van der Waals surface area contributed by atoms with Gasteiger partial charge in [-0.15, -0.1) is 0 Å². The highest BCUT2D eigenvalue weighted by Crippen LogP contribution is 2.37. The van der Waals surface area contributed by atoms with Crippen molar-refractivity contribution in [1.29, 1.82) is 0 Å². The molecule has 4 aliphatic rings. The highest BCUT2D eigenvalue weighted by atomic mass is 16.7. The summed E-state index contributed by atoms with van der Waals surface area (Å²) in [5, 5.41) is 6.03. The minimum absolute atomic E-state index is 0.149. The van der Waals surface area contributed by atoms with Crippen molar-refractivity contribution in [3.8, 4) is 22.6 Å². The first-order valence-electron chi connectivity index (χ1n) is 12.3. The first-order chi connectivity index (χ1) is 17.1. The van der Waals surface area contributed by atoms with E-state index in [4.69, 9.17) is 9.47 Å². The summed E-state index contributed by atoms with van der Waals surface area (Å²) in [6.45, 7) is 1.08. The van der Waals surface area contributed by atoms with Crippen LogP contribution in [-0.4, -0.2) is 66.2 Å². The Balaban J connectivity index is 1.22. The number of urea groups is 1. The van der Waals surface area contributed by atoms with E-state index in [2.05, 4.69) is 10.6 Å². The fraction of sp³-hybridized carbons (Fsp3) is 0.423. The molecule has 3 aliphatic heterocycles. The molecular formula is C26H28N4O5. The van der Waals surface area contributed by atoms with Gasteiger partial charge in [-0.25, -0.2) is 4.79 Å². The average molecular weight is 477 g/mol. The Labute approximate surface area is 203 Å². The molecule has 6 rings (SSSR count). The minimum Gasteiger partial charge on any atom is -0.454 e. The standard InChI is InChI=1S/C26H28N4O5/c31-24-21-14-29(26(33)27-18-4-2-1-3-5-18)10-11-30(21)25(32)19-12-16(6-8-20(19)28-24)17-7-9-22-23(13-17)35-15-34-22/h6-9,12-13,18,21H,1-5,10-11,14-15H2,(H,27,33)(H,28,31)/t21-/m1/s1. The van der Waals surface area contributed by atoms with Gasteiger partial charge in [0.2, 0.25) is 12.7 Å². The van der Waals surface area contributed by atoms with E-state index in [1.165, 1.54) is 6.42 Å². The molecule has 0 radical (unpaired) electrons. The van der Waals surface area contributed by atoms with Gasteiger partial charge in [0.1, 0.15) is 6.04 Å². The van der Waals surface area contributed by atoms with Crippen LogP contribution in [0.5, 0.6) is 11.5 Å². The Morgan fingerprint density at radius 3 is 2.57 bits per heavy atom. The molecule has 1 atom stereocenters. The van der Waals surface area contributed by atoms with Crippen LogP contribution in [0.4, 0.5) is 10.5 Å². The zero-order valence-corrected chi connectivity index (χ0v) is 19.4. The summed E-state index contributed by atoms with van der Waals surface area (Å²) in [6, 6.07) is 10.4. The summed E-state index contributed by atoms with van der Waals surface area (Å²) in [6.07, 6.45) is 5.46. The number of piperazine rings is 1. The van der Waals surface area contributed by atoms with Gasteiger partial charge in [0.05, 0.1) is 17.8 Å². The molecule has 1 aliphatic carbocycles. The maximum atomic E-state index is 13.6. The molecule has 1 saturated heterocycles. The number of hydrogen-bond donors (Lipinski definition) is 2. The first-order valence-corrected chi connectivity index (χ1v) is 12.3. The van der Waals surface area contributed by atoms with Crippen molar-refractivity contribution in [3.63, 3.8) is 0 Å². The van der Waals surface area contributed by atoms with Gasteiger partial charge in [0.15, 0.2) is 11.5 Å². The van der Waals surface area contributed by atoms with Crippen LogP contribution in [0.25, 0.3) is 11.1 Å². The Morgan fingerprint density at radius 2 is 1.71 bits per heavy atom. The molecule has 9 nitrogen and oxygen atoms in total. The lowest BCUT2D eigenvalue weighted by Gasteiger charge is -2.40. The number of anilines is 1. The number of amides is 4. The third-order valence-electron chi connectivity index (χ3n) is 7.38. The van der Waals surface area contributed by atoms with E-state index in [0.29, 0.717) is 35.8 Å². The average Bonchev–Trinajstić information content (AvgIpc) is 3.33. The monoisotopic (exact) mass is 476 g/mol. The topological polar surface area (TPSA) is 100 Å². The third kappa shape index (κ3) is 4.05. The van der Waals surface area contributed by atoms with E-state index in [0.717, 1.165) is 36.8 Å². The molecule has 0 aromatic heterocycles. The van der Waals surface area contributed by atoms with Crippen molar-refractivity contribution < 1.29 is 23.9 Å². The highest BCUT2D eigenvalue weighted by molar-refractivity contribution is 6.10. The predicted molar refractivity (Wildman–Crippen MR) is 128 cm³/mol. The number of carbonyl (C=O) groups is 3. The van der Waals surface area contributed by atoms with E-state index in [-0.39, 0.29) is 37.2 Å². The molecule has 2 aromatic rings. The molecule has 2 fully saturated rings. The molecule has 0 spiro atoms. The molecule has 9 heteroatoms. The lowest BCUT2D eigenvalue weighted by molar-refractivity contribution is -0.121. The molecule has 4 amide bonds. The molecule has 0 bridgehead atoms. The summed E-state index contributed by atoms with van der Waals surface area (Å²) in [5.74, 6) is 0.876. The van der Waals surface area contributed by atoms with Crippen molar-refractivity contribution in [1.82, 2.24) is 15.1 Å². The van der Waals surface area contributed by atoms with Crippen LogP contribution in [0, 0.1) is 0 Å². The van der Waals surface area contributed by atoms with Crippen molar-refractivity contribution >= 4 is 23.5 Å². The van der Waals surface area contributed by atoms with E-state index in [1.807, 2.05) is 24.3 Å². The molecule has 2 aromatic carbocycles. The van der Waals surface area contributed by atoms with Gasteiger partial charge >= 0.3 is 6.03 Å². The van der Waals surface area contributed by atoms with Gasteiger partial charge in [0, 0.05) is 19.1 Å². The molecular weight excluding hydrogens is 448 g/mol. The van der Waals surface area contributed by atoms with Crippen LogP contribution in [-0.2, 0) is 4.79 Å². The van der Waals surface area contributed by atoms with Crippen LogP contribution in [0.2, 0.25) is 0 Å². The zero-order valence-electron chi connectivity index (χ0n) is 19.4. The van der Waals surface area contributed by atoms with Gasteiger partial charge in [0.25, 0.3) is 5.91 Å². The van der Waals surface area contributed by atoms with Gasteiger partial charge < -0.3 is 29.9 Å². The number of hydrogen-bond acceptors (Lipinski definition) is 5. The molecule has 35 heavy (non-hydrogen) atoms. The summed E-state index contributed by atoms with van der Waals surface area (Å²) in [7, 11) is 0. The number of ether oxygens (including phenoxy) is 2. The molecule has 182 valence electrons. The van der Waals surface area contributed by atoms with Gasteiger partial charge in [-0.05, 0) is 48.2 Å². The van der Waals surface area contributed by atoms with E-state index in [1.54, 1.807) is 21.9 Å². The minimum atomic E-state index is -0.727. The normalized spacial score (nSPS) is 21.7. The fourth-order valence-electron chi connectivity index (χ4n) is 5.40. The third-order valence-corrected chi connectivity index (χ3v) is 7.38. The fourth-order valence-corrected chi connectivity index (χ4v) is 5.40. The van der Waals surface area contributed by atoms with E-state index >= 15 is 0 Å². The Kier molecular flexibility index (Phi) is 5.47. The highest BCUT2D eigenvalue weighted by Gasteiger charge is 2.40. The van der Waals surface area contributed by atoms with Crippen molar-refractivity contribution in [2.45, 2.75) is 44.2 Å². The van der Waals surface area contributed by atoms with Gasteiger partial charge in [-0.2, -0.15) is 0 Å².